The van der Waals surface area contributed by atoms with Crippen LogP contribution in [-0.4, -0.2) is 11.8 Å². The van der Waals surface area contributed by atoms with Crippen LogP contribution in [0.3, 0.4) is 0 Å². The second-order valence-corrected chi connectivity index (χ2v) is 5.87. The van der Waals surface area contributed by atoms with Gasteiger partial charge in [0.2, 0.25) is 5.91 Å². The Labute approximate surface area is 141 Å². The maximum absolute atomic E-state index is 14.1. The zero-order valence-electron chi connectivity index (χ0n) is 11.9. The highest BCUT2D eigenvalue weighted by Gasteiger charge is 2.35. The van der Waals surface area contributed by atoms with Gasteiger partial charge in [-0.3, -0.25) is 9.59 Å². The number of fused-ring (bicyclic) bond motifs is 1. The van der Waals surface area contributed by atoms with E-state index >= 15 is 0 Å². The van der Waals surface area contributed by atoms with Gasteiger partial charge in [-0.2, -0.15) is 0 Å². The average Bonchev–Trinajstić information content (AvgIpc) is 2.75. The molecule has 116 valence electrons. The fraction of sp³-hybridized carbons (Fsp3) is 0.0588. The molecule has 1 aliphatic rings. The summed E-state index contributed by atoms with van der Waals surface area (Å²) in [4.78, 5) is 25.4. The Morgan fingerprint density at radius 1 is 1.22 bits per heavy atom. The highest BCUT2D eigenvalue weighted by Crippen LogP contribution is 2.39. The van der Waals surface area contributed by atoms with E-state index in [1.807, 2.05) is 0 Å². The van der Waals surface area contributed by atoms with E-state index in [1.54, 1.807) is 18.2 Å². The van der Waals surface area contributed by atoms with E-state index in [4.69, 9.17) is 23.2 Å². The molecule has 0 spiro atoms. The van der Waals surface area contributed by atoms with Gasteiger partial charge in [0.25, 0.3) is 5.91 Å². The van der Waals surface area contributed by atoms with Crippen molar-refractivity contribution >= 4 is 52.4 Å². The van der Waals surface area contributed by atoms with Crippen LogP contribution in [0.15, 0.2) is 36.4 Å². The highest BCUT2D eigenvalue weighted by molar-refractivity contribution is 6.42. The first-order chi connectivity index (χ1) is 10.9. The van der Waals surface area contributed by atoms with Gasteiger partial charge in [0.1, 0.15) is 5.82 Å². The topological polar surface area (TPSA) is 37.4 Å². The van der Waals surface area contributed by atoms with Crippen LogP contribution in [0.2, 0.25) is 10.0 Å². The van der Waals surface area contributed by atoms with Crippen molar-refractivity contribution in [3.05, 3.63) is 63.4 Å². The minimum atomic E-state index is -0.619. The molecule has 3 rings (SSSR count). The minimum absolute atomic E-state index is 0.0375. The van der Waals surface area contributed by atoms with Gasteiger partial charge in [-0.05, 0) is 24.3 Å². The molecule has 2 amide bonds. The third-order valence-electron chi connectivity index (χ3n) is 3.52. The predicted molar refractivity (Wildman–Crippen MR) is 88.9 cm³/mol. The van der Waals surface area contributed by atoms with Crippen molar-refractivity contribution < 1.29 is 14.0 Å². The first-order valence-electron chi connectivity index (χ1n) is 6.71. The molecular weight excluding hydrogens is 340 g/mol. The lowest BCUT2D eigenvalue weighted by Crippen LogP contribution is -2.31. The quantitative estimate of drug-likeness (QED) is 0.707. The van der Waals surface area contributed by atoms with Crippen LogP contribution in [-0.2, 0) is 9.59 Å². The van der Waals surface area contributed by atoms with Gasteiger partial charge in [0.15, 0.2) is 0 Å². The molecular formula is C17H10Cl2FNO2. The fourth-order valence-corrected chi connectivity index (χ4v) is 2.85. The fourth-order valence-electron chi connectivity index (χ4n) is 2.50. The maximum Gasteiger partial charge on any atom is 0.265 e. The molecule has 6 heteroatoms. The molecule has 0 atom stereocenters. The third-order valence-corrected chi connectivity index (χ3v) is 4.05. The Hall–Kier alpha value is -2.17. The summed E-state index contributed by atoms with van der Waals surface area (Å²) in [7, 11) is 0. The van der Waals surface area contributed by atoms with Crippen molar-refractivity contribution in [3.63, 3.8) is 0 Å². The SMILES string of the molecule is CC(=O)N1C(=O)/C(=C/c2cccc(Cl)c2F)c2ccc(Cl)cc21. The van der Waals surface area contributed by atoms with Crippen LogP contribution in [0.1, 0.15) is 18.1 Å². The number of hydrogen-bond acceptors (Lipinski definition) is 2. The first kappa shape index (κ1) is 15.7. The molecule has 2 aromatic rings. The van der Waals surface area contributed by atoms with Gasteiger partial charge in [0.05, 0.1) is 16.3 Å². The zero-order valence-corrected chi connectivity index (χ0v) is 13.5. The Balaban J connectivity index is 2.21. The van der Waals surface area contributed by atoms with E-state index in [-0.39, 0.29) is 16.2 Å². The lowest BCUT2D eigenvalue weighted by Gasteiger charge is -2.12. The summed E-state index contributed by atoms with van der Waals surface area (Å²) < 4.78 is 14.1. The van der Waals surface area contributed by atoms with E-state index in [1.165, 1.54) is 31.2 Å². The second-order valence-electron chi connectivity index (χ2n) is 5.02. The van der Waals surface area contributed by atoms with Gasteiger partial charge < -0.3 is 0 Å². The molecule has 23 heavy (non-hydrogen) atoms. The Bertz CT molecular complexity index is 877. The number of rotatable bonds is 1. The molecule has 1 heterocycles. The molecule has 0 saturated carbocycles. The largest absolute Gasteiger partial charge is 0.274 e. The molecule has 0 aliphatic carbocycles. The van der Waals surface area contributed by atoms with Crippen molar-refractivity contribution in [1.82, 2.24) is 0 Å². The third kappa shape index (κ3) is 2.64. The van der Waals surface area contributed by atoms with Gasteiger partial charge in [-0.1, -0.05) is 41.4 Å². The number of imide groups is 1. The van der Waals surface area contributed by atoms with Crippen LogP contribution in [0.4, 0.5) is 10.1 Å². The molecule has 0 bridgehead atoms. The van der Waals surface area contributed by atoms with E-state index in [9.17, 15) is 14.0 Å². The molecule has 1 aliphatic heterocycles. The average molecular weight is 350 g/mol. The van der Waals surface area contributed by atoms with Crippen molar-refractivity contribution in [2.24, 2.45) is 0 Å². The molecule has 0 N–H and O–H groups in total. The number of hydrogen-bond donors (Lipinski definition) is 0. The van der Waals surface area contributed by atoms with Crippen LogP contribution < -0.4 is 4.90 Å². The van der Waals surface area contributed by atoms with Crippen molar-refractivity contribution in [1.29, 1.82) is 0 Å². The summed E-state index contributed by atoms with van der Waals surface area (Å²) in [5, 5.41) is 0.363. The first-order valence-corrected chi connectivity index (χ1v) is 7.46. The van der Waals surface area contributed by atoms with Crippen molar-refractivity contribution in [3.8, 4) is 0 Å². The number of amides is 2. The zero-order chi connectivity index (χ0) is 16.7. The van der Waals surface area contributed by atoms with Crippen LogP contribution >= 0.6 is 23.2 Å². The molecule has 3 nitrogen and oxygen atoms in total. The van der Waals surface area contributed by atoms with Gasteiger partial charge in [-0.15, -0.1) is 0 Å². The van der Waals surface area contributed by atoms with Crippen LogP contribution in [0, 0.1) is 5.82 Å². The predicted octanol–water partition coefficient (Wildman–Crippen LogP) is 4.57. The number of benzene rings is 2. The summed E-state index contributed by atoms with van der Waals surface area (Å²) in [6, 6.07) is 9.29. The molecule has 0 unspecified atom stereocenters. The normalized spacial score (nSPS) is 15.2. The van der Waals surface area contributed by atoms with Gasteiger partial charge in [0, 0.05) is 23.1 Å². The molecule has 0 aromatic heterocycles. The van der Waals surface area contributed by atoms with E-state index in [0.717, 1.165) is 4.90 Å². The smallest absolute Gasteiger partial charge is 0.265 e. The highest BCUT2D eigenvalue weighted by atomic mass is 35.5. The van der Waals surface area contributed by atoms with Gasteiger partial charge in [-0.25, -0.2) is 9.29 Å². The summed E-state index contributed by atoms with van der Waals surface area (Å²) in [5.41, 5.74) is 1.30. The minimum Gasteiger partial charge on any atom is -0.274 e. The molecule has 0 saturated heterocycles. The summed E-state index contributed by atoms with van der Waals surface area (Å²) in [5.74, 6) is -1.58. The van der Waals surface area contributed by atoms with E-state index in [2.05, 4.69) is 0 Å². The standard InChI is InChI=1S/C17H10Cl2FNO2/c1-9(22)21-15-8-11(18)5-6-12(15)13(17(21)23)7-10-3-2-4-14(19)16(10)20/h2-8H,1H3/b13-7+. The Kier molecular flexibility index (Phi) is 3.96. The lowest BCUT2D eigenvalue weighted by atomic mass is 10.0. The summed E-state index contributed by atoms with van der Waals surface area (Å²) >= 11 is 11.7. The number of anilines is 1. The Morgan fingerprint density at radius 3 is 2.65 bits per heavy atom. The lowest BCUT2D eigenvalue weighted by molar-refractivity contribution is -0.122. The number of halogens is 3. The van der Waals surface area contributed by atoms with E-state index < -0.39 is 17.6 Å². The van der Waals surface area contributed by atoms with Crippen LogP contribution in [0.5, 0.6) is 0 Å². The number of nitrogens with zero attached hydrogens (tertiary/aromatic N) is 1. The molecule has 0 fully saturated rings. The summed E-state index contributed by atoms with van der Waals surface area (Å²) in [6.07, 6.45) is 1.39. The van der Waals surface area contributed by atoms with E-state index in [0.29, 0.717) is 16.3 Å². The number of carbonyl (C=O) groups excluding carboxylic acids is 2. The number of carbonyl (C=O) groups is 2. The molecule has 2 aromatic carbocycles. The van der Waals surface area contributed by atoms with Crippen LogP contribution in [0.25, 0.3) is 11.6 Å². The monoisotopic (exact) mass is 349 g/mol. The Morgan fingerprint density at radius 2 is 1.96 bits per heavy atom. The van der Waals surface area contributed by atoms with Gasteiger partial charge >= 0.3 is 0 Å². The summed E-state index contributed by atoms with van der Waals surface area (Å²) in [6.45, 7) is 1.28. The second kappa shape index (κ2) is 5.80. The maximum atomic E-state index is 14.1. The van der Waals surface area contributed by atoms with Crippen molar-refractivity contribution in [2.75, 3.05) is 4.90 Å². The molecule has 0 radical (unpaired) electrons. The van der Waals surface area contributed by atoms with Crippen molar-refractivity contribution in [2.45, 2.75) is 6.92 Å².